The molecule has 0 amide bonds. The molecule has 1 fully saturated rings. The molecule has 4 nitrogen and oxygen atoms in total. The van der Waals surface area contributed by atoms with E-state index < -0.39 is 0 Å². The summed E-state index contributed by atoms with van der Waals surface area (Å²) in [6, 6.07) is 0.781. The second-order valence-corrected chi connectivity index (χ2v) is 5.63. The fourth-order valence-corrected chi connectivity index (χ4v) is 2.19. The fraction of sp³-hybridized carbons (Fsp3) is 0.769. The van der Waals surface area contributed by atoms with E-state index in [1.165, 1.54) is 6.42 Å². The Kier molecular flexibility index (Phi) is 3.72. The summed E-state index contributed by atoms with van der Waals surface area (Å²) >= 11 is 0. The van der Waals surface area contributed by atoms with Crippen molar-refractivity contribution in [3.8, 4) is 0 Å². The minimum Gasteiger partial charge on any atom is -0.432 e. The van der Waals surface area contributed by atoms with E-state index in [0.29, 0.717) is 5.41 Å². The van der Waals surface area contributed by atoms with Crippen LogP contribution in [0.2, 0.25) is 0 Å². The monoisotopic (exact) mass is 237 g/mol. The Morgan fingerprint density at radius 2 is 2.35 bits per heavy atom. The molecule has 0 atom stereocenters. The van der Waals surface area contributed by atoms with Crippen molar-refractivity contribution < 1.29 is 4.42 Å². The molecule has 1 aliphatic heterocycles. The van der Waals surface area contributed by atoms with Crippen molar-refractivity contribution in [2.24, 2.45) is 5.41 Å². The van der Waals surface area contributed by atoms with Gasteiger partial charge in [0.2, 0.25) is 0 Å². The molecule has 1 N–H and O–H groups in total. The molecule has 4 heteroatoms. The highest BCUT2D eigenvalue weighted by atomic mass is 16.4. The number of hydrogen-bond donors (Lipinski definition) is 1. The largest absolute Gasteiger partial charge is 0.432 e. The van der Waals surface area contributed by atoms with Crippen molar-refractivity contribution in [3.63, 3.8) is 0 Å². The molecule has 1 aliphatic rings. The number of aromatic nitrogens is 1. The molecule has 0 saturated carbocycles. The average Bonchev–Trinajstić information content (AvgIpc) is 2.85. The maximum absolute atomic E-state index is 5.55. The van der Waals surface area contributed by atoms with Crippen LogP contribution in [0.1, 0.15) is 39.3 Å². The lowest BCUT2D eigenvalue weighted by Crippen LogP contribution is -2.23. The molecular formula is C13H23N3O. The van der Waals surface area contributed by atoms with E-state index in [0.717, 1.165) is 44.3 Å². The second kappa shape index (κ2) is 5.08. The second-order valence-electron chi connectivity index (χ2n) is 5.63. The Balaban J connectivity index is 1.90. The summed E-state index contributed by atoms with van der Waals surface area (Å²) in [5.74, 6) is 0. The lowest BCUT2D eigenvalue weighted by molar-refractivity contribution is 0.415. The SMILES string of the molecule is CCCNCc1coc(N2CCC(C)(C)C2)n1. The molecule has 96 valence electrons. The maximum Gasteiger partial charge on any atom is 0.297 e. The van der Waals surface area contributed by atoms with E-state index in [2.05, 4.69) is 36.0 Å². The zero-order chi connectivity index (χ0) is 12.3. The molecule has 0 radical (unpaired) electrons. The van der Waals surface area contributed by atoms with E-state index >= 15 is 0 Å². The zero-order valence-electron chi connectivity index (χ0n) is 11.1. The van der Waals surface area contributed by atoms with Gasteiger partial charge < -0.3 is 14.6 Å². The number of nitrogens with zero attached hydrogens (tertiary/aromatic N) is 2. The Hall–Kier alpha value is -1.03. The van der Waals surface area contributed by atoms with Crippen molar-refractivity contribution in [3.05, 3.63) is 12.0 Å². The van der Waals surface area contributed by atoms with Gasteiger partial charge >= 0.3 is 0 Å². The maximum atomic E-state index is 5.55. The van der Waals surface area contributed by atoms with Crippen molar-refractivity contribution in [1.29, 1.82) is 0 Å². The van der Waals surface area contributed by atoms with Gasteiger partial charge in [0.15, 0.2) is 0 Å². The topological polar surface area (TPSA) is 41.3 Å². The molecule has 0 aromatic carbocycles. The van der Waals surface area contributed by atoms with Gasteiger partial charge in [-0.2, -0.15) is 4.98 Å². The Bertz CT molecular complexity index is 359. The first kappa shape index (κ1) is 12.4. The van der Waals surface area contributed by atoms with Crippen LogP contribution in [-0.4, -0.2) is 24.6 Å². The van der Waals surface area contributed by atoms with Crippen LogP contribution in [-0.2, 0) is 6.54 Å². The Morgan fingerprint density at radius 3 is 3.00 bits per heavy atom. The fourth-order valence-electron chi connectivity index (χ4n) is 2.19. The summed E-state index contributed by atoms with van der Waals surface area (Å²) in [5, 5.41) is 3.33. The number of oxazole rings is 1. The lowest BCUT2D eigenvalue weighted by atomic mass is 9.93. The summed E-state index contributed by atoms with van der Waals surface area (Å²) in [6.45, 7) is 10.7. The zero-order valence-corrected chi connectivity index (χ0v) is 11.1. The van der Waals surface area contributed by atoms with Gasteiger partial charge in [0.05, 0.1) is 5.69 Å². The van der Waals surface area contributed by atoms with E-state index in [1.807, 2.05) is 0 Å². The molecule has 1 aromatic heterocycles. The minimum absolute atomic E-state index is 0.384. The van der Waals surface area contributed by atoms with Crippen LogP contribution in [0, 0.1) is 5.41 Å². The normalized spacial score (nSPS) is 18.9. The van der Waals surface area contributed by atoms with Crippen LogP contribution in [0.25, 0.3) is 0 Å². The molecule has 2 heterocycles. The summed E-state index contributed by atoms with van der Waals surface area (Å²) in [5.41, 5.74) is 1.38. The van der Waals surface area contributed by atoms with Crippen molar-refractivity contribution >= 4 is 6.01 Å². The average molecular weight is 237 g/mol. The van der Waals surface area contributed by atoms with Crippen LogP contribution in [0.15, 0.2) is 10.7 Å². The van der Waals surface area contributed by atoms with Crippen LogP contribution in [0.5, 0.6) is 0 Å². The smallest absolute Gasteiger partial charge is 0.297 e. The predicted molar refractivity (Wildman–Crippen MR) is 69.1 cm³/mol. The lowest BCUT2D eigenvalue weighted by Gasteiger charge is -2.17. The van der Waals surface area contributed by atoms with Gasteiger partial charge in [-0.15, -0.1) is 0 Å². The van der Waals surface area contributed by atoms with Crippen molar-refractivity contribution in [2.75, 3.05) is 24.5 Å². The number of nitrogens with one attached hydrogen (secondary N) is 1. The highest BCUT2D eigenvalue weighted by molar-refractivity contribution is 5.29. The van der Waals surface area contributed by atoms with Crippen LogP contribution < -0.4 is 10.2 Å². The molecule has 0 aliphatic carbocycles. The van der Waals surface area contributed by atoms with Crippen molar-refractivity contribution in [1.82, 2.24) is 10.3 Å². The highest BCUT2D eigenvalue weighted by Crippen LogP contribution is 2.31. The van der Waals surface area contributed by atoms with Crippen LogP contribution in [0.4, 0.5) is 6.01 Å². The van der Waals surface area contributed by atoms with Crippen LogP contribution in [0.3, 0.4) is 0 Å². The molecule has 0 bridgehead atoms. The number of hydrogen-bond acceptors (Lipinski definition) is 4. The summed E-state index contributed by atoms with van der Waals surface area (Å²) in [4.78, 5) is 6.77. The van der Waals surface area contributed by atoms with Gasteiger partial charge in [0.1, 0.15) is 6.26 Å². The molecule has 1 saturated heterocycles. The van der Waals surface area contributed by atoms with Crippen LogP contribution >= 0.6 is 0 Å². The molecule has 0 spiro atoms. The Morgan fingerprint density at radius 1 is 1.53 bits per heavy atom. The standard InChI is InChI=1S/C13H23N3O/c1-4-6-14-8-11-9-17-12(15-11)16-7-5-13(2,3)10-16/h9,14H,4-8,10H2,1-3H3. The molecule has 0 unspecified atom stereocenters. The highest BCUT2D eigenvalue weighted by Gasteiger charge is 2.31. The first-order chi connectivity index (χ1) is 8.11. The molecular weight excluding hydrogens is 214 g/mol. The third kappa shape index (κ3) is 3.22. The molecule has 2 rings (SSSR count). The molecule has 17 heavy (non-hydrogen) atoms. The summed E-state index contributed by atoms with van der Waals surface area (Å²) in [7, 11) is 0. The van der Waals surface area contributed by atoms with Gasteiger partial charge in [0.25, 0.3) is 6.01 Å². The van der Waals surface area contributed by atoms with Gasteiger partial charge in [-0.1, -0.05) is 20.8 Å². The van der Waals surface area contributed by atoms with Gasteiger partial charge in [0, 0.05) is 19.6 Å². The first-order valence-electron chi connectivity index (χ1n) is 6.51. The summed E-state index contributed by atoms with van der Waals surface area (Å²) < 4.78 is 5.55. The van der Waals surface area contributed by atoms with Crippen molar-refractivity contribution in [2.45, 2.75) is 40.2 Å². The molecule has 1 aromatic rings. The van der Waals surface area contributed by atoms with E-state index in [1.54, 1.807) is 6.26 Å². The van der Waals surface area contributed by atoms with Gasteiger partial charge in [-0.25, -0.2) is 0 Å². The van der Waals surface area contributed by atoms with E-state index in [4.69, 9.17) is 4.42 Å². The Labute approximate surface area is 103 Å². The minimum atomic E-state index is 0.384. The van der Waals surface area contributed by atoms with E-state index in [-0.39, 0.29) is 0 Å². The third-order valence-electron chi connectivity index (χ3n) is 3.22. The van der Waals surface area contributed by atoms with Gasteiger partial charge in [-0.05, 0) is 24.8 Å². The first-order valence-corrected chi connectivity index (χ1v) is 6.51. The number of rotatable bonds is 5. The van der Waals surface area contributed by atoms with Gasteiger partial charge in [-0.3, -0.25) is 0 Å². The predicted octanol–water partition coefficient (Wildman–Crippen LogP) is 2.41. The summed E-state index contributed by atoms with van der Waals surface area (Å²) in [6.07, 6.45) is 4.12. The van der Waals surface area contributed by atoms with E-state index in [9.17, 15) is 0 Å². The number of anilines is 1. The quantitative estimate of drug-likeness (QED) is 0.798. The third-order valence-corrected chi connectivity index (χ3v) is 3.22.